The second-order valence-electron chi connectivity index (χ2n) is 14.4. The number of carbonyl (C=O) groups is 6. The van der Waals surface area contributed by atoms with Gasteiger partial charge >= 0.3 is 0 Å². The van der Waals surface area contributed by atoms with Gasteiger partial charge in [0.1, 0.15) is 0 Å². The Morgan fingerprint density at radius 1 is 0.547 bits per heavy atom. The molecule has 0 radical (unpaired) electrons. The monoisotopic (exact) mass is 942 g/mol. The van der Waals surface area contributed by atoms with Crippen LogP contribution < -0.4 is 21.3 Å². The Morgan fingerprint density at radius 2 is 0.953 bits per heavy atom. The molecule has 4 amide bonds. The van der Waals surface area contributed by atoms with Crippen LogP contribution in [0.2, 0.25) is 10.0 Å². The zero-order valence-electron chi connectivity index (χ0n) is 35.0. The second-order valence-corrected chi connectivity index (χ2v) is 16.0. The number of nitrogens with one attached hydrogen (secondary N) is 4. The standard InChI is InChI=1S/C46H42Cl4N8O6/c1-25-17-35(51-45(63)41(27(3)59)57-55-36-21-31(19-33(49)23-36)43(61)52-38-11-7-5-9-29(38)13-15-47)18-26(2)40(25)54-46(64)42(28(4)60)58-56-37-22-32(20-34(50)24-37)44(62)53-39-12-8-6-10-30(39)14-16-48/h5-12,17-24,41-42H,13-16H2,1-4H3,(H,51,63)(H,52,61)(H,53,62)(H,54,64). The summed E-state index contributed by atoms with van der Waals surface area (Å²) in [6, 6.07) is 23.0. The van der Waals surface area contributed by atoms with Gasteiger partial charge in [-0.3, -0.25) is 28.8 Å². The molecule has 2 unspecified atom stereocenters. The molecule has 0 heterocycles. The number of amides is 4. The molecule has 330 valence electrons. The lowest BCUT2D eigenvalue weighted by atomic mass is 10.1. The highest BCUT2D eigenvalue weighted by Crippen LogP contribution is 2.29. The van der Waals surface area contributed by atoms with Crippen molar-refractivity contribution in [2.75, 3.05) is 33.0 Å². The van der Waals surface area contributed by atoms with E-state index in [1.807, 2.05) is 24.3 Å². The molecule has 5 rings (SSSR count). The number of anilines is 4. The maximum Gasteiger partial charge on any atom is 0.258 e. The molecule has 0 aliphatic carbocycles. The molecule has 0 fully saturated rings. The van der Waals surface area contributed by atoms with Gasteiger partial charge in [-0.05, 0) is 123 Å². The molecule has 5 aromatic rings. The molecule has 14 nitrogen and oxygen atoms in total. The molecule has 5 aromatic carbocycles. The summed E-state index contributed by atoms with van der Waals surface area (Å²) in [5.74, 6) is -3.00. The number of Topliss-reactive ketones (excluding diaryl/α,β-unsaturated/α-hetero) is 2. The SMILES string of the molecule is CC(=O)C(N=Nc1cc(Cl)cc(C(=O)Nc2ccccc2CCCl)c1)C(=O)Nc1cc(C)c(NC(=O)C(N=Nc2cc(Cl)cc(C(=O)Nc3ccccc3CCCl)c2)C(C)=O)c(C)c1. The first-order valence-corrected chi connectivity index (χ1v) is 21.5. The summed E-state index contributed by atoms with van der Waals surface area (Å²) in [5, 5.41) is 27.6. The van der Waals surface area contributed by atoms with Crippen LogP contribution in [0.3, 0.4) is 0 Å². The smallest absolute Gasteiger partial charge is 0.258 e. The van der Waals surface area contributed by atoms with E-state index >= 15 is 0 Å². The number of hydrogen-bond acceptors (Lipinski definition) is 10. The van der Waals surface area contributed by atoms with E-state index in [2.05, 4.69) is 41.7 Å². The second kappa shape index (κ2) is 22.9. The molecule has 0 saturated heterocycles. The summed E-state index contributed by atoms with van der Waals surface area (Å²) in [7, 11) is 0. The van der Waals surface area contributed by atoms with Crippen molar-refractivity contribution >= 4 is 116 Å². The Labute approximate surface area is 389 Å². The van der Waals surface area contributed by atoms with Crippen LogP contribution in [0.1, 0.15) is 56.8 Å². The number of hydrogen-bond donors (Lipinski definition) is 4. The molecular weight excluding hydrogens is 902 g/mol. The number of carbonyl (C=O) groups excluding carboxylic acids is 6. The van der Waals surface area contributed by atoms with E-state index in [4.69, 9.17) is 46.4 Å². The Kier molecular flexibility index (Phi) is 17.4. The highest BCUT2D eigenvalue weighted by molar-refractivity contribution is 6.31. The predicted octanol–water partition coefficient (Wildman–Crippen LogP) is 11.0. The van der Waals surface area contributed by atoms with Crippen molar-refractivity contribution in [2.24, 2.45) is 20.5 Å². The number of aryl methyl sites for hydroxylation is 4. The van der Waals surface area contributed by atoms with E-state index in [0.717, 1.165) is 11.1 Å². The lowest BCUT2D eigenvalue weighted by molar-refractivity contribution is -0.127. The Balaban J connectivity index is 1.26. The summed E-state index contributed by atoms with van der Waals surface area (Å²) in [4.78, 5) is 78.5. The minimum absolute atomic E-state index is 0.127. The minimum Gasteiger partial charge on any atom is -0.324 e. The molecule has 0 spiro atoms. The fourth-order valence-electron chi connectivity index (χ4n) is 6.36. The Bertz CT molecular complexity index is 2650. The van der Waals surface area contributed by atoms with Gasteiger partial charge in [-0.2, -0.15) is 20.5 Å². The van der Waals surface area contributed by atoms with Gasteiger partial charge in [-0.15, -0.1) is 23.2 Å². The van der Waals surface area contributed by atoms with Crippen molar-refractivity contribution in [1.82, 2.24) is 0 Å². The van der Waals surface area contributed by atoms with E-state index in [-0.39, 0.29) is 38.2 Å². The Hall–Kier alpha value is -6.32. The summed E-state index contributed by atoms with van der Waals surface area (Å²) in [6.45, 7) is 5.71. The van der Waals surface area contributed by atoms with Crippen molar-refractivity contribution < 1.29 is 28.8 Å². The van der Waals surface area contributed by atoms with Gasteiger partial charge in [-0.1, -0.05) is 59.6 Å². The lowest BCUT2D eigenvalue weighted by Gasteiger charge is -2.17. The third-order valence-corrected chi connectivity index (χ3v) is 10.3. The maximum atomic E-state index is 13.5. The summed E-state index contributed by atoms with van der Waals surface area (Å²) in [6.07, 6.45) is 1.09. The van der Waals surface area contributed by atoms with Crippen molar-refractivity contribution in [2.45, 2.75) is 52.6 Å². The first-order chi connectivity index (χ1) is 30.6. The Morgan fingerprint density at radius 3 is 1.36 bits per heavy atom. The molecule has 4 N–H and O–H groups in total. The molecule has 0 aliphatic heterocycles. The number of ketones is 2. The van der Waals surface area contributed by atoms with Crippen LogP contribution in [0.15, 0.2) is 118 Å². The third-order valence-electron chi connectivity index (χ3n) is 9.44. The summed E-state index contributed by atoms with van der Waals surface area (Å²) < 4.78 is 0. The summed E-state index contributed by atoms with van der Waals surface area (Å²) in [5.41, 5.74) is 5.07. The number of para-hydroxylation sites is 2. The van der Waals surface area contributed by atoms with Crippen LogP contribution in [0.4, 0.5) is 34.1 Å². The van der Waals surface area contributed by atoms with E-state index in [0.29, 0.717) is 52.8 Å². The molecule has 0 aliphatic rings. The lowest BCUT2D eigenvalue weighted by Crippen LogP contribution is -2.33. The topological polar surface area (TPSA) is 200 Å². The van der Waals surface area contributed by atoms with Crippen LogP contribution in [0.5, 0.6) is 0 Å². The van der Waals surface area contributed by atoms with Crippen molar-refractivity contribution in [1.29, 1.82) is 0 Å². The number of halogens is 4. The molecule has 2 atom stereocenters. The first kappa shape index (κ1) is 48.7. The van der Waals surface area contributed by atoms with Crippen LogP contribution in [-0.4, -0.2) is 59.0 Å². The van der Waals surface area contributed by atoms with Gasteiger partial charge in [0, 0.05) is 55.7 Å². The normalized spacial score (nSPS) is 12.1. The first-order valence-electron chi connectivity index (χ1n) is 19.6. The highest BCUT2D eigenvalue weighted by Gasteiger charge is 2.26. The largest absolute Gasteiger partial charge is 0.324 e. The number of azo groups is 2. The zero-order valence-corrected chi connectivity index (χ0v) is 38.0. The molecule has 18 heteroatoms. The van der Waals surface area contributed by atoms with E-state index in [1.54, 1.807) is 50.2 Å². The summed E-state index contributed by atoms with van der Waals surface area (Å²) >= 11 is 24.5. The average Bonchev–Trinajstić information content (AvgIpc) is 3.23. The van der Waals surface area contributed by atoms with Crippen molar-refractivity contribution in [3.63, 3.8) is 0 Å². The third kappa shape index (κ3) is 13.3. The van der Waals surface area contributed by atoms with Crippen molar-refractivity contribution in [3.8, 4) is 0 Å². The predicted molar refractivity (Wildman–Crippen MR) is 252 cm³/mol. The molecule has 0 bridgehead atoms. The number of rotatable bonds is 18. The quantitative estimate of drug-likeness (QED) is 0.0382. The zero-order chi connectivity index (χ0) is 46.5. The van der Waals surface area contributed by atoms with E-state index < -0.39 is 47.3 Å². The number of benzene rings is 5. The highest BCUT2D eigenvalue weighted by atomic mass is 35.5. The van der Waals surface area contributed by atoms with E-state index in [9.17, 15) is 28.8 Å². The molecule has 0 aromatic heterocycles. The van der Waals surface area contributed by atoms with Gasteiger partial charge in [-0.25, -0.2) is 0 Å². The van der Waals surface area contributed by atoms with Gasteiger partial charge in [0.2, 0.25) is 12.1 Å². The fourth-order valence-corrected chi connectivity index (χ4v) is 7.23. The molecular formula is C46H42Cl4N8O6. The van der Waals surface area contributed by atoms with Gasteiger partial charge < -0.3 is 21.3 Å². The number of alkyl halides is 2. The fraction of sp³-hybridized carbons (Fsp3) is 0.217. The molecule has 64 heavy (non-hydrogen) atoms. The molecule has 0 saturated carbocycles. The van der Waals surface area contributed by atoms with Crippen LogP contribution in [-0.2, 0) is 32.0 Å². The maximum absolute atomic E-state index is 13.5. The van der Waals surface area contributed by atoms with Crippen LogP contribution in [0.25, 0.3) is 0 Å². The van der Waals surface area contributed by atoms with Gasteiger partial charge in [0.05, 0.1) is 11.4 Å². The average molecular weight is 945 g/mol. The van der Waals surface area contributed by atoms with Crippen molar-refractivity contribution in [3.05, 3.63) is 140 Å². The minimum atomic E-state index is -1.57. The number of nitrogens with zero attached hydrogens (tertiary/aromatic N) is 4. The van der Waals surface area contributed by atoms with Crippen LogP contribution >= 0.6 is 46.4 Å². The van der Waals surface area contributed by atoms with Gasteiger partial charge in [0.25, 0.3) is 23.6 Å². The van der Waals surface area contributed by atoms with E-state index in [1.165, 1.54) is 50.2 Å². The van der Waals surface area contributed by atoms with Gasteiger partial charge in [0.15, 0.2) is 11.6 Å². The van der Waals surface area contributed by atoms with Crippen LogP contribution in [0, 0.1) is 13.8 Å².